The number of piperidine rings is 1. The van der Waals surface area contributed by atoms with E-state index in [0.29, 0.717) is 30.5 Å². The van der Waals surface area contributed by atoms with Crippen LogP contribution in [-0.2, 0) is 5.60 Å². The van der Waals surface area contributed by atoms with E-state index in [-0.39, 0.29) is 5.75 Å². The number of hydrogen-bond acceptors (Lipinski definition) is 3. The van der Waals surface area contributed by atoms with E-state index in [0.717, 1.165) is 18.9 Å². The highest BCUT2D eigenvalue weighted by Gasteiger charge is 2.47. The van der Waals surface area contributed by atoms with Crippen molar-refractivity contribution in [1.29, 1.82) is 0 Å². The summed E-state index contributed by atoms with van der Waals surface area (Å²) in [7, 11) is 3.36. The summed E-state index contributed by atoms with van der Waals surface area (Å²) in [5, 5.41) is 10.9. The van der Waals surface area contributed by atoms with Crippen LogP contribution in [0.2, 0.25) is 0 Å². The molecule has 110 valence electrons. The van der Waals surface area contributed by atoms with E-state index < -0.39 is 17.2 Å². The van der Waals surface area contributed by atoms with Gasteiger partial charge in [0, 0.05) is 12.1 Å². The molecule has 2 heterocycles. The van der Waals surface area contributed by atoms with Gasteiger partial charge in [-0.15, -0.1) is 0 Å². The maximum Gasteiger partial charge on any atom is 0.200 e. The van der Waals surface area contributed by atoms with Crippen molar-refractivity contribution < 1.29 is 18.6 Å². The van der Waals surface area contributed by atoms with Crippen LogP contribution in [0, 0.1) is 11.6 Å². The second-order valence-electron chi connectivity index (χ2n) is 5.96. The van der Waals surface area contributed by atoms with Gasteiger partial charge in [-0.25, -0.2) is 4.39 Å². The fraction of sp³-hybridized carbons (Fsp3) is 0.600. The minimum Gasteiger partial charge on any atom is -0.494 e. The summed E-state index contributed by atoms with van der Waals surface area (Å²) in [6, 6.07) is 3.13. The van der Waals surface area contributed by atoms with Crippen LogP contribution in [0.4, 0.5) is 8.78 Å². The first-order valence-corrected chi connectivity index (χ1v) is 6.92. The van der Waals surface area contributed by atoms with Gasteiger partial charge in [0.05, 0.1) is 12.7 Å². The van der Waals surface area contributed by atoms with Crippen LogP contribution < -0.4 is 4.74 Å². The van der Waals surface area contributed by atoms with Crippen LogP contribution in [0.5, 0.6) is 5.75 Å². The number of ether oxygens (including phenoxy) is 1. The van der Waals surface area contributed by atoms with Crippen LogP contribution in [0.3, 0.4) is 0 Å². The fourth-order valence-electron chi connectivity index (χ4n) is 3.66. The van der Waals surface area contributed by atoms with E-state index >= 15 is 0 Å². The maximum absolute atomic E-state index is 13.7. The monoisotopic (exact) mass is 283 g/mol. The molecule has 0 aromatic heterocycles. The third-order valence-electron chi connectivity index (χ3n) is 4.88. The number of halogens is 2. The Hall–Kier alpha value is -1.20. The topological polar surface area (TPSA) is 32.7 Å². The van der Waals surface area contributed by atoms with E-state index in [4.69, 9.17) is 4.74 Å². The third-order valence-corrected chi connectivity index (χ3v) is 4.88. The van der Waals surface area contributed by atoms with Crippen LogP contribution in [0.15, 0.2) is 12.1 Å². The summed E-state index contributed by atoms with van der Waals surface area (Å²) < 4.78 is 32.0. The molecule has 0 spiro atoms. The Bertz CT molecular complexity index is 521. The number of benzene rings is 1. The second kappa shape index (κ2) is 4.67. The maximum atomic E-state index is 13.7. The molecule has 3 rings (SSSR count). The number of aliphatic hydroxyl groups is 1. The van der Waals surface area contributed by atoms with Crippen molar-refractivity contribution in [2.75, 3.05) is 14.2 Å². The molecule has 20 heavy (non-hydrogen) atoms. The normalized spacial score (nSPS) is 33.5. The van der Waals surface area contributed by atoms with Crippen LogP contribution >= 0.6 is 0 Å². The molecule has 2 unspecified atom stereocenters. The average molecular weight is 283 g/mol. The van der Waals surface area contributed by atoms with E-state index in [9.17, 15) is 13.9 Å². The predicted octanol–water partition coefficient (Wildman–Crippen LogP) is 2.42. The molecule has 3 nitrogen and oxygen atoms in total. The smallest absolute Gasteiger partial charge is 0.200 e. The zero-order valence-electron chi connectivity index (χ0n) is 11.7. The third kappa shape index (κ3) is 2.00. The molecule has 1 N–H and O–H groups in total. The number of rotatable bonds is 2. The fourth-order valence-corrected chi connectivity index (χ4v) is 3.66. The Morgan fingerprint density at radius 1 is 1.25 bits per heavy atom. The highest BCUT2D eigenvalue weighted by Crippen LogP contribution is 2.45. The van der Waals surface area contributed by atoms with Gasteiger partial charge in [0.25, 0.3) is 0 Å². The lowest BCUT2D eigenvalue weighted by Gasteiger charge is -2.42. The molecule has 0 radical (unpaired) electrons. The zero-order chi connectivity index (χ0) is 14.5. The molecule has 0 amide bonds. The Kier molecular flexibility index (Phi) is 3.21. The van der Waals surface area contributed by atoms with E-state index in [2.05, 4.69) is 11.9 Å². The van der Waals surface area contributed by atoms with Crippen LogP contribution in [-0.4, -0.2) is 36.2 Å². The van der Waals surface area contributed by atoms with Crippen molar-refractivity contribution in [3.05, 3.63) is 29.3 Å². The summed E-state index contributed by atoms with van der Waals surface area (Å²) in [5.74, 6) is -2.13. The van der Waals surface area contributed by atoms with E-state index in [1.807, 2.05) is 0 Å². The molecular weight excluding hydrogens is 264 g/mol. The van der Waals surface area contributed by atoms with Crippen LogP contribution in [0.25, 0.3) is 0 Å². The van der Waals surface area contributed by atoms with Crippen molar-refractivity contribution in [2.24, 2.45) is 0 Å². The Labute approximate surface area is 117 Å². The number of nitrogens with zero attached hydrogens (tertiary/aromatic N) is 1. The van der Waals surface area contributed by atoms with Gasteiger partial charge >= 0.3 is 0 Å². The second-order valence-corrected chi connectivity index (χ2v) is 5.96. The lowest BCUT2D eigenvalue weighted by atomic mass is 9.80. The first-order chi connectivity index (χ1) is 9.44. The van der Waals surface area contributed by atoms with Crippen molar-refractivity contribution in [3.8, 4) is 5.75 Å². The standard InChI is InChI=1S/C15H19F2NO2/c1-18-10-3-4-11(18)8-15(19,7-10)9-5-12(16)14(17)13(6-9)20-2/h5-6,10-11,19H,3-4,7-8H2,1-2H3. The number of fused-ring (bicyclic) bond motifs is 2. The van der Waals surface area contributed by atoms with Gasteiger partial charge in [-0.3, -0.25) is 0 Å². The lowest BCUT2D eigenvalue weighted by molar-refractivity contribution is -0.0496. The first kappa shape index (κ1) is 13.8. The number of hydrogen-bond donors (Lipinski definition) is 1. The molecule has 0 aliphatic carbocycles. The summed E-state index contributed by atoms with van der Waals surface area (Å²) >= 11 is 0. The highest BCUT2D eigenvalue weighted by molar-refractivity contribution is 5.35. The van der Waals surface area contributed by atoms with Gasteiger partial charge in [0.1, 0.15) is 0 Å². The van der Waals surface area contributed by atoms with Crippen molar-refractivity contribution in [2.45, 2.75) is 43.4 Å². The minimum atomic E-state index is -1.10. The van der Waals surface area contributed by atoms with Gasteiger partial charge in [0.2, 0.25) is 5.82 Å². The van der Waals surface area contributed by atoms with E-state index in [1.165, 1.54) is 13.2 Å². The molecule has 1 aromatic carbocycles. The molecule has 2 bridgehead atoms. The first-order valence-electron chi connectivity index (χ1n) is 6.92. The van der Waals surface area contributed by atoms with Gasteiger partial charge in [0.15, 0.2) is 11.6 Å². The summed E-state index contributed by atoms with van der Waals surface area (Å²) in [6.07, 6.45) is 3.19. The van der Waals surface area contributed by atoms with Gasteiger partial charge in [-0.1, -0.05) is 0 Å². The highest BCUT2D eigenvalue weighted by atomic mass is 19.2. The summed E-state index contributed by atoms with van der Waals surface area (Å²) in [6.45, 7) is 0. The largest absolute Gasteiger partial charge is 0.494 e. The van der Waals surface area contributed by atoms with Crippen molar-refractivity contribution in [3.63, 3.8) is 0 Å². The van der Waals surface area contributed by atoms with Crippen LogP contribution in [0.1, 0.15) is 31.2 Å². The Morgan fingerprint density at radius 3 is 2.40 bits per heavy atom. The molecule has 2 fully saturated rings. The quantitative estimate of drug-likeness (QED) is 0.905. The summed E-state index contributed by atoms with van der Waals surface area (Å²) in [4.78, 5) is 2.28. The molecule has 2 aliphatic rings. The molecule has 2 atom stereocenters. The minimum absolute atomic E-state index is 0.153. The van der Waals surface area contributed by atoms with Gasteiger partial charge in [-0.2, -0.15) is 4.39 Å². The van der Waals surface area contributed by atoms with Gasteiger partial charge < -0.3 is 14.7 Å². The Morgan fingerprint density at radius 2 is 1.85 bits per heavy atom. The number of methoxy groups -OCH3 is 1. The molecule has 5 heteroatoms. The lowest BCUT2D eigenvalue weighted by Crippen LogP contribution is -2.47. The molecular formula is C15H19F2NO2. The average Bonchev–Trinajstić information content (AvgIpc) is 2.64. The zero-order valence-corrected chi connectivity index (χ0v) is 11.7. The van der Waals surface area contributed by atoms with Crippen molar-refractivity contribution in [1.82, 2.24) is 4.90 Å². The SMILES string of the molecule is COc1cc(C2(O)CC3CCC(C2)N3C)cc(F)c1F. The predicted molar refractivity (Wildman–Crippen MR) is 70.6 cm³/mol. The van der Waals surface area contributed by atoms with E-state index in [1.54, 1.807) is 0 Å². The van der Waals surface area contributed by atoms with Crippen molar-refractivity contribution >= 4 is 0 Å². The summed E-state index contributed by atoms with van der Waals surface area (Å²) in [5.41, 5.74) is -0.682. The van der Waals surface area contributed by atoms with Gasteiger partial charge in [-0.05, 0) is 50.4 Å². The molecule has 0 saturated carbocycles. The molecule has 2 saturated heterocycles. The Balaban J connectivity index is 1.98. The molecule has 1 aromatic rings. The molecule has 2 aliphatic heterocycles.